The van der Waals surface area contributed by atoms with Crippen molar-refractivity contribution in [3.8, 4) is 0 Å². The van der Waals surface area contributed by atoms with Crippen LogP contribution in [0.25, 0.3) is 0 Å². The Bertz CT molecular complexity index is 1090. The van der Waals surface area contributed by atoms with E-state index in [0.29, 0.717) is 37.9 Å². The van der Waals surface area contributed by atoms with Crippen LogP contribution in [-0.4, -0.2) is 78.2 Å². The smallest absolute Gasteiger partial charge is 0.243 e. The average Bonchev–Trinajstić information content (AvgIpc) is 3.13. The van der Waals surface area contributed by atoms with E-state index in [1.807, 2.05) is 47.8 Å². The van der Waals surface area contributed by atoms with E-state index in [0.717, 1.165) is 19.3 Å². The first-order valence-electron chi connectivity index (χ1n) is 21.0. The van der Waals surface area contributed by atoms with Gasteiger partial charge in [0.05, 0.1) is 6.54 Å². The number of rotatable bonds is 33. The number of unbranched alkanes of at least 4 members (excludes halogenated alkanes) is 12. The van der Waals surface area contributed by atoms with Crippen LogP contribution in [0.15, 0.2) is 0 Å². The summed E-state index contributed by atoms with van der Waals surface area (Å²) < 4.78 is 0. The molecule has 0 rings (SSSR count). The molecule has 0 heterocycles. The predicted octanol–water partition coefficient (Wildman–Crippen LogP) is 5.90. The van der Waals surface area contributed by atoms with Crippen molar-refractivity contribution in [1.82, 2.24) is 26.6 Å². The van der Waals surface area contributed by atoms with Gasteiger partial charge in [0.25, 0.3) is 0 Å². The topological polar surface area (TPSA) is 189 Å². The molecule has 13 heteroatoms. The zero-order valence-electron chi connectivity index (χ0n) is 35.1. The van der Waals surface area contributed by atoms with Crippen molar-refractivity contribution >= 4 is 47.2 Å². The summed E-state index contributed by atoms with van der Waals surface area (Å²) in [5, 5.41) is 13.7. The highest BCUT2D eigenvalue weighted by atomic mass is 32.2. The number of amides is 6. The molecule has 12 nitrogen and oxygen atoms in total. The minimum absolute atomic E-state index is 0.0483. The zero-order valence-corrected chi connectivity index (χ0v) is 35.9. The van der Waals surface area contributed by atoms with E-state index in [-0.39, 0.29) is 23.7 Å². The number of hydrogen-bond donors (Lipinski definition) is 6. The van der Waals surface area contributed by atoms with Gasteiger partial charge in [0, 0.05) is 6.42 Å². The molecule has 7 N–H and O–H groups in total. The van der Waals surface area contributed by atoms with Gasteiger partial charge in [-0.2, -0.15) is 11.8 Å². The lowest BCUT2D eigenvalue weighted by Crippen LogP contribution is -2.58. The van der Waals surface area contributed by atoms with E-state index >= 15 is 0 Å². The van der Waals surface area contributed by atoms with Crippen LogP contribution in [0.3, 0.4) is 0 Å². The number of nitrogens with one attached hydrogen (secondary N) is 5. The molecule has 0 unspecified atom stereocenters. The second kappa shape index (κ2) is 31.4. The van der Waals surface area contributed by atoms with Gasteiger partial charge >= 0.3 is 0 Å². The van der Waals surface area contributed by atoms with E-state index in [2.05, 4.69) is 33.5 Å². The molecule has 0 fully saturated rings. The molecule has 6 atom stereocenters. The van der Waals surface area contributed by atoms with Gasteiger partial charge in [-0.25, -0.2) is 0 Å². The fourth-order valence-electron chi connectivity index (χ4n) is 6.22. The third-order valence-electron chi connectivity index (χ3n) is 10.2. The first-order valence-corrected chi connectivity index (χ1v) is 22.4. The van der Waals surface area contributed by atoms with Crippen LogP contribution >= 0.6 is 11.8 Å². The van der Waals surface area contributed by atoms with Crippen LogP contribution in [0.4, 0.5) is 0 Å². The van der Waals surface area contributed by atoms with Gasteiger partial charge in [0.1, 0.15) is 24.2 Å². The summed E-state index contributed by atoms with van der Waals surface area (Å²) in [5.41, 5.74) is 5.49. The Morgan fingerprint density at radius 2 is 1.07 bits per heavy atom. The summed E-state index contributed by atoms with van der Waals surface area (Å²) in [7, 11) is 0. The van der Waals surface area contributed by atoms with Crippen LogP contribution in [-0.2, 0) is 28.8 Å². The fourth-order valence-corrected chi connectivity index (χ4v) is 6.69. The SMILES string of the molecule is CCCCCCCCCCCCCCCC(=O)N[C@H](C(=O)N[C@H](C(=O)NCC(=O)N[C@@H](CC(C)C)C(=O)N[C@@H](CCSC)C(N)=O)[C@@H](C)CC)[C@@H](C)CC. The van der Waals surface area contributed by atoms with Crippen molar-refractivity contribution in [2.45, 2.75) is 188 Å². The standard InChI is InChI=1S/C41H78N6O6S/c1-9-12-13-14-15-16-17-18-19-20-21-22-23-24-34(48)46-37(31(7)11-3)41(53)47-36(30(6)10-2)40(52)43-28-35(49)44-33(27-29(4)5)39(51)45-32(38(42)50)25-26-54-8/h29-33,36-37H,9-28H2,1-8H3,(H2,42,50)(H,43,52)(H,44,49)(H,45,51)(H,46,48)(H,47,53)/t30-,31-,32-,33-,36-,37-/m0/s1. The Balaban J connectivity index is 5.11. The molecule has 54 heavy (non-hydrogen) atoms. The minimum Gasteiger partial charge on any atom is -0.368 e. The molecule has 6 amide bonds. The van der Waals surface area contributed by atoms with Crippen molar-refractivity contribution in [2.75, 3.05) is 18.6 Å². The molecule has 0 bridgehead atoms. The van der Waals surface area contributed by atoms with E-state index in [9.17, 15) is 28.8 Å². The lowest BCUT2D eigenvalue weighted by atomic mass is 9.94. The van der Waals surface area contributed by atoms with Gasteiger partial charge in [0.15, 0.2) is 0 Å². The molecule has 0 aromatic carbocycles. The number of carbonyl (C=O) groups is 6. The summed E-state index contributed by atoms with van der Waals surface area (Å²) in [6.07, 6.45) is 20.0. The van der Waals surface area contributed by atoms with Crippen molar-refractivity contribution in [3.63, 3.8) is 0 Å². The predicted molar refractivity (Wildman–Crippen MR) is 222 cm³/mol. The van der Waals surface area contributed by atoms with Gasteiger partial charge in [-0.1, -0.05) is 138 Å². The molecule has 0 aliphatic rings. The van der Waals surface area contributed by atoms with E-state index < -0.39 is 60.2 Å². The third-order valence-corrected chi connectivity index (χ3v) is 10.8. The summed E-state index contributed by atoms with van der Waals surface area (Å²) in [6.45, 7) is 13.2. The van der Waals surface area contributed by atoms with E-state index in [1.54, 1.807) is 0 Å². The Morgan fingerprint density at radius 3 is 1.54 bits per heavy atom. The third kappa shape index (κ3) is 23.8. The van der Waals surface area contributed by atoms with Crippen LogP contribution in [0.1, 0.15) is 164 Å². The molecule has 0 radical (unpaired) electrons. The fraction of sp³-hybridized carbons (Fsp3) is 0.854. The van der Waals surface area contributed by atoms with Gasteiger partial charge in [-0.3, -0.25) is 28.8 Å². The number of nitrogens with two attached hydrogens (primary N) is 1. The highest BCUT2D eigenvalue weighted by Gasteiger charge is 2.32. The lowest BCUT2D eigenvalue weighted by molar-refractivity contribution is -0.135. The Labute approximate surface area is 332 Å². The molecule has 0 aromatic heterocycles. The first-order chi connectivity index (χ1) is 25.7. The Kier molecular flexibility index (Phi) is 29.7. The average molecular weight is 783 g/mol. The van der Waals surface area contributed by atoms with Crippen LogP contribution < -0.4 is 32.3 Å². The second-order valence-electron chi connectivity index (χ2n) is 15.5. The quantitative estimate of drug-likeness (QED) is 0.0447. The first kappa shape index (κ1) is 51.2. The Morgan fingerprint density at radius 1 is 0.574 bits per heavy atom. The number of carbonyl (C=O) groups excluding carboxylic acids is 6. The lowest BCUT2D eigenvalue weighted by Gasteiger charge is -2.29. The summed E-state index contributed by atoms with van der Waals surface area (Å²) in [6, 6.07) is -3.54. The van der Waals surface area contributed by atoms with Crippen molar-refractivity contribution < 1.29 is 28.8 Å². The molecule has 0 spiro atoms. The Hall–Kier alpha value is -2.83. The maximum absolute atomic E-state index is 13.6. The molecule has 0 saturated carbocycles. The summed E-state index contributed by atoms with van der Waals surface area (Å²) in [4.78, 5) is 77.9. The van der Waals surface area contributed by atoms with Crippen LogP contribution in [0, 0.1) is 17.8 Å². The maximum Gasteiger partial charge on any atom is 0.243 e. The molecule has 0 aliphatic carbocycles. The molecular weight excluding hydrogens is 705 g/mol. The molecule has 0 aromatic rings. The summed E-state index contributed by atoms with van der Waals surface area (Å²) in [5.74, 6) is -2.66. The number of thioether (sulfide) groups is 1. The van der Waals surface area contributed by atoms with E-state index in [1.165, 1.54) is 76.0 Å². The van der Waals surface area contributed by atoms with Crippen molar-refractivity contribution in [1.29, 1.82) is 0 Å². The monoisotopic (exact) mass is 783 g/mol. The molecule has 0 saturated heterocycles. The molecular formula is C41H78N6O6S. The van der Waals surface area contributed by atoms with Crippen LogP contribution in [0.2, 0.25) is 0 Å². The van der Waals surface area contributed by atoms with Gasteiger partial charge < -0.3 is 32.3 Å². The zero-order chi connectivity index (χ0) is 40.9. The highest BCUT2D eigenvalue weighted by molar-refractivity contribution is 7.98. The number of primary amides is 1. The van der Waals surface area contributed by atoms with Gasteiger partial charge in [-0.05, 0) is 49.0 Å². The van der Waals surface area contributed by atoms with Crippen LogP contribution in [0.5, 0.6) is 0 Å². The highest BCUT2D eigenvalue weighted by Crippen LogP contribution is 2.15. The molecule has 0 aliphatic heterocycles. The van der Waals surface area contributed by atoms with Gasteiger partial charge in [0.2, 0.25) is 35.4 Å². The molecule has 314 valence electrons. The normalized spacial score (nSPS) is 14.6. The van der Waals surface area contributed by atoms with E-state index in [4.69, 9.17) is 5.73 Å². The second-order valence-corrected chi connectivity index (χ2v) is 16.5. The van der Waals surface area contributed by atoms with Crippen molar-refractivity contribution in [3.05, 3.63) is 0 Å². The van der Waals surface area contributed by atoms with Crippen molar-refractivity contribution in [2.24, 2.45) is 23.5 Å². The largest absolute Gasteiger partial charge is 0.368 e. The van der Waals surface area contributed by atoms with Gasteiger partial charge in [-0.15, -0.1) is 0 Å². The maximum atomic E-state index is 13.6. The summed E-state index contributed by atoms with van der Waals surface area (Å²) >= 11 is 1.52. The number of hydrogen-bond acceptors (Lipinski definition) is 7. The minimum atomic E-state index is -0.942.